The average molecular weight is 459 g/mol. The number of nitrogens with zero attached hydrogens (tertiary/aromatic N) is 1. The fourth-order valence-corrected chi connectivity index (χ4v) is 3.37. The Morgan fingerprint density at radius 1 is 0.794 bits per heavy atom. The van der Waals surface area contributed by atoms with Crippen LogP contribution in [0.2, 0.25) is 0 Å². The van der Waals surface area contributed by atoms with Gasteiger partial charge in [0.15, 0.2) is 0 Å². The van der Waals surface area contributed by atoms with Gasteiger partial charge in [-0.3, -0.25) is 14.4 Å². The summed E-state index contributed by atoms with van der Waals surface area (Å²) in [5.74, 6) is -0.759. The highest BCUT2D eigenvalue weighted by Crippen LogP contribution is 2.08. The summed E-state index contributed by atoms with van der Waals surface area (Å²) >= 11 is 0. The van der Waals surface area contributed by atoms with Crippen molar-refractivity contribution in [3.8, 4) is 5.75 Å². The number of carbonyl (C=O) groups excluding carboxylic acids is 3. The number of amides is 3. The Kier molecular flexibility index (Phi) is 13.6. The van der Waals surface area contributed by atoms with Crippen LogP contribution in [0, 0.1) is 0 Å². The molecule has 1 rings (SSSR count). The molecule has 176 valence electrons. The molecule has 0 aliphatic rings. The molecular weight excluding hydrogens is 426 g/mol. The molecule has 7 nitrogen and oxygen atoms in total. The van der Waals surface area contributed by atoms with Gasteiger partial charge in [-0.2, -0.15) is 0 Å². The van der Waals surface area contributed by atoms with E-state index >= 15 is 0 Å². The average Bonchev–Trinajstić information content (AvgIpc) is 2.83. The number of anilines is 1. The molecule has 34 heavy (non-hydrogen) atoms. The summed E-state index contributed by atoms with van der Waals surface area (Å²) in [5.41, 5.74) is -0.399. The number of phenolic OH excluding ortho intramolecular Hbond substituents is 1. The van der Waals surface area contributed by atoms with Crippen LogP contribution in [0.3, 0.4) is 0 Å². The molecule has 0 heterocycles. The summed E-state index contributed by atoms with van der Waals surface area (Å²) in [6.07, 6.45) is 6.23. The first-order chi connectivity index (χ1) is 16.1. The van der Waals surface area contributed by atoms with Gasteiger partial charge in [0.05, 0.1) is 5.75 Å². The maximum absolute atomic E-state index is 12.6. The summed E-state index contributed by atoms with van der Waals surface area (Å²) in [4.78, 5) is 38.1. The first kappa shape index (κ1) is 29.7. The topological polar surface area (TPSA) is 98.7 Å². The summed E-state index contributed by atoms with van der Waals surface area (Å²) in [7, 11) is 23.2. The van der Waals surface area contributed by atoms with E-state index in [4.69, 9.17) is 31.4 Å². The van der Waals surface area contributed by atoms with Gasteiger partial charge in [-0.15, -0.1) is 0 Å². The first-order valence-electron chi connectivity index (χ1n) is 11.9. The van der Waals surface area contributed by atoms with Gasteiger partial charge in [0, 0.05) is 44.6 Å². The number of carbonyl (C=O) groups is 3. The van der Waals surface area contributed by atoms with E-state index in [1.807, 2.05) is 13.8 Å². The standard InChI is InChI=1S/C23H33B4N3O4/c1-3-5-10-17(33)30(13-9-7-6-8-12-28-15(31)4-2)14-11-16(32)29-22-18(24)20(26)23(34)21(27)19(22)25/h34H,3-14H2,1-2H3,(H,28,31)(H,29,32). The molecule has 0 spiro atoms. The number of nitrogens with one attached hydrogen (secondary N) is 2. The van der Waals surface area contributed by atoms with Crippen LogP contribution in [0.4, 0.5) is 5.69 Å². The van der Waals surface area contributed by atoms with Crippen molar-refractivity contribution in [2.24, 2.45) is 0 Å². The van der Waals surface area contributed by atoms with E-state index in [0.717, 1.165) is 38.5 Å². The molecule has 0 aromatic heterocycles. The lowest BCUT2D eigenvalue weighted by atomic mass is 9.68. The minimum Gasteiger partial charge on any atom is -0.509 e. The van der Waals surface area contributed by atoms with Crippen LogP contribution in [0.1, 0.15) is 71.6 Å². The third-order valence-corrected chi connectivity index (χ3v) is 5.60. The van der Waals surface area contributed by atoms with Gasteiger partial charge in [-0.25, -0.2) is 0 Å². The van der Waals surface area contributed by atoms with Crippen LogP contribution >= 0.6 is 0 Å². The van der Waals surface area contributed by atoms with Crippen molar-refractivity contribution in [1.29, 1.82) is 0 Å². The maximum atomic E-state index is 12.6. The zero-order valence-corrected chi connectivity index (χ0v) is 20.4. The number of hydrogen-bond donors (Lipinski definition) is 3. The molecule has 0 aliphatic carbocycles. The predicted octanol–water partition coefficient (Wildman–Crippen LogP) is -0.999. The number of hydrogen-bond acceptors (Lipinski definition) is 4. The van der Waals surface area contributed by atoms with Crippen molar-refractivity contribution in [1.82, 2.24) is 10.2 Å². The molecule has 3 amide bonds. The number of unbranched alkanes of at least 4 members (excludes halogenated alkanes) is 4. The number of aromatic hydroxyl groups is 1. The quantitative estimate of drug-likeness (QED) is 0.178. The lowest BCUT2D eigenvalue weighted by Gasteiger charge is -2.24. The maximum Gasteiger partial charge on any atom is 0.226 e. The smallest absolute Gasteiger partial charge is 0.226 e. The molecule has 0 saturated heterocycles. The van der Waals surface area contributed by atoms with Crippen LogP contribution < -0.4 is 32.5 Å². The van der Waals surface area contributed by atoms with Crippen molar-refractivity contribution in [3.05, 3.63) is 0 Å². The van der Waals surface area contributed by atoms with Crippen LogP contribution in [0.5, 0.6) is 5.75 Å². The zero-order chi connectivity index (χ0) is 25.7. The minimum absolute atomic E-state index is 0.0157. The number of rotatable bonds is 15. The van der Waals surface area contributed by atoms with Crippen molar-refractivity contribution < 1.29 is 19.5 Å². The molecule has 0 fully saturated rings. The zero-order valence-electron chi connectivity index (χ0n) is 20.4. The second-order valence-electron chi connectivity index (χ2n) is 8.28. The van der Waals surface area contributed by atoms with E-state index in [1.165, 1.54) is 0 Å². The summed E-state index contributed by atoms with van der Waals surface area (Å²) in [5, 5.41) is 15.3. The van der Waals surface area contributed by atoms with E-state index in [9.17, 15) is 19.5 Å². The molecule has 0 aliphatic heterocycles. The molecule has 11 heteroatoms. The van der Waals surface area contributed by atoms with Gasteiger partial charge in [-0.1, -0.05) is 55.0 Å². The van der Waals surface area contributed by atoms with Gasteiger partial charge in [0.25, 0.3) is 0 Å². The second kappa shape index (κ2) is 15.6. The fourth-order valence-electron chi connectivity index (χ4n) is 3.37. The van der Waals surface area contributed by atoms with Crippen LogP contribution in [-0.4, -0.2) is 78.7 Å². The van der Waals surface area contributed by atoms with Crippen LogP contribution in [0.25, 0.3) is 0 Å². The van der Waals surface area contributed by atoms with Crippen molar-refractivity contribution in [3.63, 3.8) is 0 Å². The third-order valence-electron chi connectivity index (χ3n) is 5.60. The van der Waals surface area contributed by atoms with Crippen molar-refractivity contribution >= 4 is 76.6 Å². The molecule has 0 atom stereocenters. The SMILES string of the molecule is [B]c1c([B])c(NC(=O)CCN(CCCCCCNC(=O)CC)C(=O)CCCC)c([B])c([B])c1O. The molecular formula is C23H33B4N3O4. The largest absolute Gasteiger partial charge is 0.509 e. The third kappa shape index (κ3) is 9.51. The summed E-state index contributed by atoms with van der Waals surface area (Å²) < 4.78 is 0. The fraction of sp³-hybridized carbons (Fsp3) is 0.609. The first-order valence-corrected chi connectivity index (χ1v) is 11.9. The van der Waals surface area contributed by atoms with Gasteiger partial charge in [-0.05, 0) is 19.3 Å². The lowest BCUT2D eigenvalue weighted by Crippen LogP contribution is -2.44. The van der Waals surface area contributed by atoms with Crippen molar-refractivity contribution in [2.75, 3.05) is 25.0 Å². The van der Waals surface area contributed by atoms with Gasteiger partial charge in [0.2, 0.25) is 17.7 Å². The van der Waals surface area contributed by atoms with Crippen LogP contribution in [0.15, 0.2) is 0 Å². The normalized spacial score (nSPS) is 10.6. The Bertz CT molecular complexity index is 823. The van der Waals surface area contributed by atoms with Gasteiger partial charge < -0.3 is 20.6 Å². The minimum atomic E-state index is -0.423. The summed E-state index contributed by atoms with van der Waals surface area (Å²) in [6.45, 7) is 5.31. The summed E-state index contributed by atoms with van der Waals surface area (Å²) in [6, 6.07) is 0. The number of phenols is 1. The molecule has 1 aromatic rings. The molecule has 0 saturated carbocycles. The Morgan fingerprint density at radius 2 is 1.41 bits per heavy atom. The van der Waals surface area contributed by atoms with Gasteiger partial charge >= 0.3 is 0 Å². The highest BCUT2D eigenvalue weighted by atomic mass is 16.3. The Balaban J connectivity index is 2.62. The van der Waals surface area contributed by atoms with E-state index in [2.05, 4.69) is 10.6 Å². The van der Waals surface area contributed by atoms with Crippen LogP contribution in [-0.2, 0) is 14.4 Å². The van der Waals surface area contributed by atoms with E-state index in [-0.39, 0.29) is 52.3 Å². The van der Waals surface area contributed by atoms with E-state index in [0.29, 0.717) is 25.9 Å². The molecule has 0 bridgehead atoms. The molecule has 3 N–H and O–H groups in total. The van der Waals surface area contributed by atoms with E-state index in [1.54, 1.807) is 4.90 Å². The monoisotopic (exact) mass is 459 g/mol. The van der Waals surface area contributed by atoms with Crippen molar-refractivity contribution in [2.45, 2.75) is 71.6 Å². The molecule has 1 aromatic carbocycles. The highest BCUT2D eigenvalue weighted by Gasteiger charge is 2.17. The van der Waals surface area contributed by atoms with Gasteiger partial charge in [0.1, 0.15) is 31.4 Å². The predicted molar refractivity (Wildman–Crippen MR) is 141 cm³/mol. The highest BCUT2D eigenvalue weighted by molar-refractivity contribution is 6.61. The molecule has 0 unspecified atom stereocenters. The Morgan fingerprint density at radius 3 is 2.00 bits per heavy atom. The van der Waals surface area contributed by atoms with E-state index < -0.39 is 11.7 Å². The molecule has 8 radical (unpaired) electrons. The Hall–Kier alpha value is -2.31. The Labute approximate surface area is 208 Å². The lowest BCUT2D eigenvalue weighted by molar-refractivity contribution is -0.132. The second-order valence-corrected chi connectivity index (χ2v) is 8.28. The number of benzene rings is 1.